The number of rotatable bonds is 5. The van der Waals surface area contributed by atoms with Gasteiger partial charge in [0.1, 0.15) is 0 Å². The molecule has 0 bridgehead atoms. The van der Waals surface area contributed by atoms with Crippen molar-refractivity contribution in [2.24, 2.45) is 0 Å². The molecule has 1 aromatic rings. The zero-order valence-electron chi connectivity index (χ0n) is 9.40. The number of halogens is 1. The Labute approximate surface area is 105 Å². The van der Waals surface area contributed by atoms with Crippen LogP contribution in [0.4, 0.5) is 5.69 Å². The number of anilines is 1. The molecule has 2 rings (SSSR count). The Morgan fingerprint density at radius 2 is 2.29 bits per heavy atom. The Morgan fingerprint density at radius 1 is 1.59 bits per heavy atom. The minimum atomic E-state index is -0.925. The van der Waals surface area contributed by atoms with Crippen molar-refractivity contribution >= 4 is 23.3 Å². The van der Waals surface area contributed by atoms with Crippen LogP contribution in [0.25, 0.3) is 0 Å². The van der Waals surface area contributed by atoms with Gasteiger partial charge in [-0.15, -0.1) is 6.58 Å². The van der Waals surface area contributed by atoms with Crippen molar-refractivity contribution in [2.45, 2.75) is 18.9 Å². The van der Waals surface area contributed by atoms with Crippen molar-refractivity contribution in [3.05, 3.63) is 41.4 Å². The molecule has 0 heterocycles. The van der Waals surface area contributed by atoms with Gasteiger partial charge in [-0.05, 0) is 31.0 Å². The molecular weight excluding hydrogens is 238 g/mol. The summed E-state index contributed by atoms with van der Waals surface area (Å²) in [6.45, 7) is 4.36. The Bertz CT molecular complexity index is 455. The van der Waals surface area contributed by atoms with E-state index in [1.54, 1.807) is 24.3 Å². The van der Waals surface area contributed by atoms with Crippen molar-refractivity contribution in [2.75, 3.05) is 11.4 Å². The zero-order valence-corrected chi connectivity index (χ0v) is 10.2. The second kappa shape index (κ2) is 4.80. The molecule has 1 N–H and O–H groups in total. The van der Waals surface area contributed by atoms with Gasteiger partial charge in [-0.2, -0.15) is 0 Å². The van der Waals surface area contributed by atoms with Crippen LogP contribution in [0.2, 0.25) is 5.02 Å². The fourth-order valence-corrected chi connectivity index (χ4v) is 2.06. The SMILES string of the molecule is C=CCN(c1cc(Cl)ccc1C(=O)O)C1CC1. The highest BCUT2D eigenvalue weighted by atomic mass is 35.5. The molecule has 1 saturated carbocycles. The summed E-state index contributed by atoms with van der Waals surface area (Å²) in [6, 6.07) is 5.29. The summed E-state index contributed by atoms with van der Waals surface area (Å²) in [4.78, 5) is 13.2. The van der Waals surface area contributed by atoms with Crippen LogP contribution < -0.4 is 4.90 Å². The minimum Gasteiger partial charge on any atom is -0.478 e. The third kappa shape index (κ3) is 2.61. The lowest BCUT2D eigenvalue weighted by Gasteiger charge is -2.24. The van der Waals surface area contributed by atoms with Gasteiger partial charge in [0.25, 0.3) is 0 Å². The first-order valence-electron chi connectivity index (χ1n) is 5.54. The van der Waals surface area contributed by atoms with Crippen LogP contribution in [0.1, 0.15) is 23.2 Å². The molecule has 0 aromatic heterocycles. The average molecular weight is 252 g/mol. The number of carboxylic acid groups (broad SMARTS) is 1. The highest BCUT2D eigenvalue weighted by Gasteiger charge is 2.30. The Kier molecular flexibility index (Phi) is 3.38. The van der Waals surface area contributed by atoms with Gasteiger partial charge < -0.3 is 10.0 Å². The largest absolute Gasteiger partial charge is 0.478 e. The molecule has 0 atom stereocenters. The van der Waals surface area contributed by atoms with E-state index in [2.05, 4.69) is 11.5 Å². The zero-order chi connectivity index (χ0) is 12.4. The topological polar surface area (TPSA) is 40.5 Å². The molecule has 4 heteroatoms. The summed E-state index contributed by atoms with van der Waals surface area (Å²) in [5.41, 5.74) is 0.982. The van der Waals surface area contributed by atoms with E-state index in [1.165, 1.54) is 0 Å². The number of carbonyl (C=O) groups is 1. The molecular formula is C13H14ClNO2. The number of hydrogen-bond donors (Lipinski definition) is 1. The van der Waals surface area contributed by atoms with Crippen LogP contribution in [0.15, 0.2) is 30.9 Å². The first kappa shape index (κ1) is 12.0. The summed E-state index contributed by atoms with van der Waals surface area (Å²) in [5.74, 6) is -0.925. The third-order valence-corrected chi connectivity index (χ3v) is 3.05. The number of carboxylic acids is 1. The maximum absolute atomic E-state index is 11.2. The predicted molar refractivity (Wildman–Crippen MR) is 69.0 cm³/mol. The molecule has 3 nitrogen and oxygen atoms in total. The van der Waals surface area contributed by atoms with Crippen LogP contribution in [0.5, 0.6) is 0 Å². The van der Waals surface area contributed by atoms with E-state index in [0.717, 1.165) is 12.8 Å². The van der Waals surface area contributed by atoms with Crippen molar-refractivity contribution in [1.29, 1.82) is 0 Å². The first-order valence-corrected chi connectivity index (χ1v) is 5.91. The van der Waals surface area contributed by atoms with Gasteiger partial charge >= 0.3 is 5.97 Å². The Balaban J connectivity index is 2.42. The van der Waals surface area contributed by atoms with Crippen LogP contribution in [0.3, 0.4) is 0 Å². The number of aromatic carboxylic acids is 1. The van der Waals surface area contributed by atoms with Gasteiger partial charge in [0.05, 0.1) is 11.3 Å². The Morgan fingerprint density at radius 3 is 2.82 bits per heavy atom. The van der Waals surface area contributed by atoms with Gasteiger partial charge in [-0.1, -0.05) is 17.7 Å². The highest BCUT2D eigenvalue weighted by Crippen LogP contribution is 2.34. The lowest BCUT2D eigenvalue weighted by molar-refractivity contribution is 0.0697. The molecule has 1 aromatic carbocycles. The molecule has 1 fully saturated rings. The number of hydrogen-bond acceptors (Lipinski definition) is 2. The molecule has 0 saturated heterocycles. The standard InChI is InChI=1S/C13H14ClNO2/c1-2-7-15(10-4-5-10)12-8-9(14)3-6-11(12)13(16)17/h2-3,6,8,10H,1,4-5,7H2,(H,16,17). The van der Waals surface area contributed by atoms with Gasteiger partial charge in [0.15, 0.2) is 0 Å². The molecule has 1 aliphatic rings. The quantitative estimate of drug-likeness (QED) is 0.817. The van der Waals surface area contributed by atoms with Crippen LogP contribution >= 0.6 is 11.6 Å². The predicted octanol–water partition coefficient (Wildman–Crippen LogP) is 3.19. The molecule has 0 aliphatic heterocycles. The van der Waals surface area contributed by atoms with Gasteiger partial charge in [0, 0.05) is 17.6 Å². The van der Waals surface area contributed by atoms with Crippen LogP contribution in [-0.2, 0) is 0 Å². The van der Waals surface area contributed by atoms with E-state index in [1.807, 2.05) is 0 Å². The van der Waals surface area contributed by atoms with Crippen molar-refractivity contribution in [1.82, 2.24) is 0 Å². The molecule has 0 unspecified atom stereocenters. The van der Waals surface area contributed by atoms with Crippen molar-refractivity contribution in [3.63, 3.8) is 0 Å². The summed E-state index contributed by atoms with van der Waals surface area (Å²) in [5, 5.41) is 9.74. The fourth-order valence-electron chi connectivity index (χ4n) is 1.89. The van der Waals surface area contributed by atoms with Gasteiger partial charge in [-0.25, -0.2) is 4.79 Å². The maximum Gasteiger partial charge on any atom is 0.337 e. The summed E-state index contributed by atoms with van der Waals surface area (Å²) in [6.07, 6.45) is 3.98. The van der Waals surface area contributed by atoms with Crippen molar-refractivity contribution < 1.29 is 9.90 Å². The minimum absolute atomic E-state index is 0.295. The molecule has 1 aliphatic carbocycles. The van der Waals surface area contributed by atoms with Crippen LogP contribution in [-0.4, -0.2) is 23.7 Å². The second-order valence-electron chi connectivity index (χ2n) is 4.14. The van der Waals surface area contributed by atoms with E-state index in [4.69, 9.17) is 11.6 Å². The van der Waals surface area contributed by atoms with Crippen LogP contribution in [0, 0.1) is 0 Å². The molecule has 0 radical (unpaired) electrons. The van der Waals surface area contributed by atoms with Gasteiger partial charge in [0.2, 0.25) is 0 Å². The summed E-state index contributed by atoms with van der Waals surface area (Å²) < 4.78 is 0. The molecule has 0 spiro atoms. The first-order chi connectivity index (χ1) is 8.13. The lowest BCUT2D eigenvalue weighted by Crippen LogP contribution is -2.27. The van der Waals surface area contributed by atoms with E-state index in [-0.39, 0.29) is 0 Å². The third-order valence-electron chi connectivity index (χ3n) is 2.81. The van der Waals surface area contributed by atoms with E-state index in [0.29, 0.717) is 28.9 Å². The van der Waals surface area contributed by atoms with Gasteiger partial charge in [-0.3, -0.25) is 0 Å². The number of nitrogens with zero attached hydrogens (tertiary/aromatic N) is 1. The normalized spacial score (nSPS) is 14.4. The lowest BCUT2D eigenvalue weighted by atomic mass is 10.1. The summed E-state index contributed by atoms with van der Waals surface area (Å²) in [7, 11) is 0. The monoisotopic (exact) mass is 251 g/mol. The molecule has 90 valence electrons. The maximum atomic E-state index is 11.2. The van der Waals surface area contributed by atoms with E-state index < -0.39 is 5.97 Å². The second-order valence-corrected chi connectivity index (χ2v) is 4.58. The smallest absolute Gasteiger partial charge is 0.337 e. The van der Waals surface area contributed by atoms with E-state index in [9.17, 15) is 9.90 Å². The summed E-state index contributed by atoms with van der Waals surface area (Å²) >= 11 is 5.95. The fraction of sp³-hybridized carbons (Fsp3) is 0.308. The number of benzene rings is 1. The Hall–Kier alpha value is -1.48. The average Bonchev–Trinajstić information content (AvgIpc) is 3.09. The van der Waals surface area contributed by atoms with Crippen molar-refractivity contribution in [3.8, 4) is 0 Å². The molecule has 0 amide bonds. The molecule has 17 heavy (non-hydrogen) atoms. The van der Waals surface area contributed by atoms with E-state index >= 15 is 0 Å². The highest BCUT2D eigenvalue weighted by molar-refractivity contribution is 6.31.